The van der Waals surface area contributed by atoms with Crippen molar-refractivity contribution in [3.63, 3.8) is 0 Å². The summed E-state index contributed by atoms with van der Waals surface area (Å²) >= 11 is 0. The first kappa shape index (κ1) is 14.9. The quantitative estimate of drug-likeness (QED) is 0.842. The van der Waals surface area contributed by atoms with E-state index < -0.39 is 10.0 Å². The van der Waals surface area contributed by atoms with E-state index in [1.807, 2.05) is 42.5 Å². The SMILES string of the molecule is O=S(=O)(c1ccc2c(c1)CCC2)N(Cc1ccccc1)C1CC1. The Morgan fingerprint density at radius 3 is 2.43 bits per heavy atom. The molecule has 23 heavy (non-hydrogen) atoms. The summed E-state index contributed by atoms with van der Waals surface area (Å²) in [6.07, 6.45) is 5.15. The van der Waals surface area contributed by atoms with Crippen molar-refractivity contribution in [2.45, 2.75) is 49.6 Å². The van der Waals surface area contributed by atoms with Crippen molar-refractivity contribution in [2.75, 3.05) is 0 Å². The Bertz CT molecular complexity index is 811. The van der Waals surface area contributed by atoms with Crippen LogP contribution in [0.3, 0.4) is 0 Å². The predicted octanol–water partition coefficient (Wildman–Crippen LogP) is 3.53. The second kappa shape index (κ2) is 5.77. The molecule has 0 spiro atoms. The molecule has 0 saturated heterocycles. The van der Waals surface area contributed by atoms with Gasteiger partial charge in [-0.2, -0.15) is 4.31 Å². The molecule has 0 radical (unpaired) electrons. The lowest BCUT2D eigenvalue weighted by molar-refractivity contribution is 0.398. The lowest BCUT2D eigenvalue weighted by Crippen LogP contribution is -2.32. The highest BCUT2D eigenvalue weighted by Gasteiger charge is 2.38. The maximum Gasteiger partial charge on any atom is 0.243 e. The molecule has 120 valence electrons. The van der Waals surface area contributed by atoms with Crippen LogP contribution in [0.15, 0.2) is 53.4 Å². The number of sulfonamides is 1. The maximum absolute atomic E-state index is 13.1. The third kappa shape index (κ3) is 2.93. The van der Waals surface area contributed by atoms with Crippen molar-refractivity contribution < 1.29 is 8.42 Å². The van der Waals surface area contributed by atoms with Crippen LogP contribution in [-0.4, -0.2) is 18.8 Å². The Hall–Kier alpha value is -1.65. The molecular formula is C19H21NO2S. The van der Waals surface area contributed by atoms with Crippen LogP contribution in [0.5, 0.6) is 0 Å². The molecule has 4 rings (SSSR count). The summed E-state index contributed by atoms with van der Waals surface area (Å²) in [5, 5.41) is 0. The summed E-state index contributed by atoms with van der Waals surface area (Å²) in [5.41, 5.74) is 3.57. The van der Waals surface area contributed by atoms with Gasteiger partial charge in [0.15, 0.2) is 0 Å². The molecule has 2 aromatic carbocycles. The lowest BCUT2D eigenvalue weighted by atomic mass is 10.1. The third-order valence-corrected chi connectivity index (χ3v) is 6.71. The van der Waals surface area contributed by atoms with Gasteiger partial charge in [0.2, 0.25) is 10.0 Å². The Morgan fingerprint density at radius 1 is 0.957 bits per heavy atom. The molecule has 4 heteroatoms. The number of benzene rings is 2. The van der Waals surface area contributed by atoms with Gasteiger partial charge in [-0.3, -0.25) is 0 Å². The number of rotatable bonds is 5. The van der Waals surface area contributed by atoms with Gasteiger partial charge in [0, 0.05) is 12.6 Å². The van der Waals surface area contributed by atoms with Gasteiger partial charge in [-0.25, -0.2) is 8.42 Å². The molecule has 0 heterocycles. The molecule has 0 bridgehead atoms. The van der Waals surface area contributed by atoms with Gasteiger partial charge in [-0.15, -0.1) is 0 Å². The Kier molecular flexibility index (Phi) is 3.74. The summed E-state index contributed by atoms with van der Waals surface area (Å²) in [6.45, 7) is 0.463. The standard InChI is InChI=1S/C19H21NO2S/c21-23(22,19-12-9-16-7-4-8-17(16)13-19)20(18-10-11-18)14-15-5-2-1-3-6-15/h1-3,5-6,9,12-13,18H,4,7-8,10-11,14H2. The minimum atomic E-state index is -3.42. The Balaban J connectivity index is 1.67. The van der Waals surface area contributed by atoms with Crippen molar-refractivity contribution in [1.29, 1.82) is 0 Å². The van der Waals surface area contributed by atoms with E-state index >= 15 is 0 Å². The van der Waals surface area contributed by atoms with Crippen LogP contribution in [0.1, 0.15) is 36.0 Å². The number of aryl methyl sites for hydroxylation is 2. The number of hydrogen-bond donors (Lipinski definition) is 0. The second-order valence-electron chi connectivity index (χ2n) is 6.55. The van der Waals surface area contributed by atoms with Crippen LogP contribution in [0, 0.1) is 0 Å². The highest BCUT2D eigenvalue weighted by atomic mass is 32.2. The molecule has 1 saturated carbocycles. The zero-order valence-electron chi connectivity index (χ0n) is 13.1. The number of fused-ring (bicyclic) bond motifs is 1. The monoisotopic (exact) mass is 327 g/mol. The highest BCUT2D eigenvalue weighted by molar-refractivity contribution is 7.89. The number of hydrogen-bond acceptors (Lipinski definition) is 2. The van der Waals surface area contributed by atoms with Crippen LogP contribution in [-0.2, 0) is 29.4 Å². The topological polar surface area (TPSA) is 37.4 Å². The van der Waals surface area contributed by atoms with Gasteiger partial charge in [0.05, 0.1) is 4.90 Å². The lowest BCUT2D eigenvalue weighted by Gasteiger charge is -2.22. The van der Waals surface area contributed by atoms with Crippen LogP contribution in [0.25, 0.3) is 0 Å². The zero-order valence-corrected chi connectivity index (χ0v) is 13.9. The van der Waals surface area contributed by atoms with Crippen LogP contribution in [0.2, 0.25) is 0 Å². The van der Waals surface area contributed by atoms with E-state index in [0.717, 1.165) is 37.7 Å². The molecule has 2 aliphatic rings. The van der Waals surface area contributed by atoms with E-state index in [1.54, 1.807) is 10.4 Å². The largest absolute Gasteiger partial charge is 0.243 e. The molecule has 0 atom stereocenters. The first-order valence-electron chi connectivity index (χ1n) is 8.32. The molecule has 0 aromatic heterocycles. The molecular weight excluding hydrogens is 306 g/mol. The van der Waals surface area contributed by atoms with Crippen molar-refractivity contribution in [2.24, 2.45) is 0 Å². The summed E-state index contributed by atoms with van der Waals surface area (Å²) in [7, 11) is -3.42. The molecule has 0 N–H and O–H groups in total. The third-order valence-electron chi connectivity index (χ3n) is 4.81. The molecule has 0 unspecified atom stereocenters. The van der Waals surface area contributed by atoms with Crippen molar-refractivity contribution in [1.82, 2.24) is 4.31 Å². The van der Waals surface area contributed by atoms with Gasteiger partial charge >= 0.3 is 0 Å². The van der Waals surface area contributed by atoms with Gasteiger partial charge < -0.3 is 0 Å². The normalized spacial score (nSPS) is 17.4. The predicted molar refractivity (Wildman–Crippen MR) is 90.7 cm³/mol. The van der Waals surface area contributed by atoms with Crippen molar-refractivity contribution in [3.8, 4) is 0 Å². The number of nitrogens with zero attached hydrogens (tertiary/aromatic N) is 1. The first-order valence-corrected chi connectivity index (χ1v) is 9.76. The Morgan fingerprint density at radius 2 is 1.70 bits per heavy atom. The van der Waals surface area contributed by atoms with Gasteiger partial charge in [0.1, 0.15) is 0 Å². The Labute approximate surface area is 138 Å². The van der Waals surface area contributed by atoms with E-state index in [-0.39, 0.29) is 6.04 Å². The maximum atomic E-state index is 13.1. The van der Waals surface area contributed by atoms with Crippen LogP contribution in [0.4, 0.5) is 0 Å². The average molecular weight is 327 g/mol. The van der Waals surface area contributed by atoms with E-state index in [2.05, 4.69) is 0 Å². The smallest absolute Gasteiger partial charge is 0.207 e. The average Bonchev–Trinajstić information content (AvgIpc) is 3.29. The van der Waals surface area contributed by atoms with Gasteiger partial charge in [0.25, 0.3) is 0 Å². The molecule has 0 aliphatic heterocycles. The summed E-state index contributed by atoms with van der Waals surface area (Å²) in [6, 6.07) is 15.7. The second-order valence-corrected chi connectivity index (χ2v) is 8.44. The van der Waals surface area contributed by atoms with E-state index in [0.29, 0.717) is 11.4 Å². The summed E-state index contributed by atoms with van der Waals surface area (Å²) in [5.74, 6) is 0. The van der Waals surface area contributed by atoms with E-state index in [9.17, 15) is 8.42 Å². The van der Waals surface area contributed by atoms with E-state index in [4.69, 9.17) is 0 Å². The van der Waals surface area contributed by atoms with Gasteiger partial charge in [-0.1, -0.05) is 36.4 Å². The molecule has 1 fully saturated rings. The summed E-state index contributed by atoms with van der Waals surface area (Å²) < 4.78 is 28.0. The fraction of sp³-hybridized carbons (Fsp3) is 0.368. The summed E-state index contributed by atoms with van der Waals surface area (Å²) in [4.78, 5) is 0.459. The van der Waals surface area contributed by atoms with Crippen LogP contribution >= 0.6 is 0 Å². The molecule has 0 amide bonds. The molecule has 2 aromatic rings. The zero-order chi connectivity index (χ0) is 15.9. The fourth-order valence-electron chi connectivity index (χ4n) is 3.38. The first-order chi connectivity index (χ1) is 11.1. The molecule has 2 aliphatic carbocycles. The minimum absolute atomic E-state index is 0.161. The molecule has 3 nitrogen and oxygen atoms in total. The van der Waals surface area contributed by atoms with Crippen molar-refractivity contribution >= 4 is 10.0 Å². The fourth-order valence-corrected chi connectivity index (χ4v) is 5.10. The minimum Gasteiger partial charge on any atom is -0.207 e. The van der Waals surface area contributed by atoms with Crippen molar-refractivity contribution in [3.05, 3.63) is 65.2 Å². The highest BCUT2D eigenvalue weighted by Crippen LogP contribution is 2.34. The van der Waals surface area contributed by atoms with E-state index in [1.165, 1.54) is 11.1 Å². The van der Waals surface area contributed by atoms with Crippen LogP contribution < -0.4 is 0 Å². The van der Waals surface area contributed by atoms with Gasteiger partial charge in [-0.05, 0) is 60.9 Å².